The van der Waals surface area contributed by atoms with Crippen LogP contribution in [0.4, 0.5) is 0 Å². The van der Waals surface area contributed by atoms with E-state index in [2.05, 4.69) is 13.4 Å². The predicted octanol–water partition coefficient (Wildman–Crippen LogP) is 3.71. The van der Waals surface area contributed by atoms with Crippen molar-refractivity contribution in [1.82, 2.24) is 4.98 Å². The molecule has 0 radical (unpaired) electrons. The Hall–Kier alpha value is -1.42. The van der Waals surface area contributed by atoms with Gasteiger partial charge in [0.25, 0.3) is 0 Å². The maximum atomic E-state index is 10.4. The Morgan fingerprint density at radius 3 is 1.92 bits per heavy atom. The number of aryl methyl sites for hydroxylation is 1. The third-order valence-electron chi connectivity index (χ3n) is 2.68. The molecule has 2 aromatic rings. The maximum absolute atomic E-state index is 10.4. The minimum absolute atomic E-state index is 0.113. The zero-order valence-corrected chi connectivity index (χ0v) is 16.8. The van der Waals surface area contributed by atoms with Gasteiger partial charge in [0, 0.05) is 12.1 Å². The number of thiazole rings is 1. The number of benzene rings is 1. The number of nitrogens with zero attached hydrogens (tertiary/aromatic N) is 1. The SMILES string of the molecule is CCOS(=O)(=O)OCC.CCOc1cc2nc(C)sc2cc1OCC. The largest absolute Gasteiger partial charge is 0.490 e. The lowest BCUT2D eigenvalue weighted by atomic mass is 10.3. The smallest absolute Gasteiger partial charge is 0.399 e. The molecule has 0 aliphatic rings. The van der Waals surface area contributed by atoms with Gasteiger partial charge in [0.1, 0.15) is 0 Å². The van der Waals surface area contributed by atoms with Crippen LogP contribution in [0.1, 0.15) is 32.7 Å². The third kappa shape index (κ3) is 7.15. The van der Waals surface area contributed by atoms with Crippen LogP contribution in [0.25, 0.3) is 10.2 Å². The molecule has 0 spiro atoms. The van der Waals surface area contributed by atoms with Gasteiger partial charge in [-0.1, -0.05) is 0 Å². The van der Waals surface area contributed by atoms with Gasteiger partial charge in [-0.25, -0.2) is 13.4 Å². The molecule has 0 atom stereocenters. The van der Waals surface area contributed by atoms with E-state index in [1.165, 1.54) is 0 Å². The second-order valence-corrected chi connectivity index (χ2v) is 7.11. The lowest BCUT2D eigenvalue weighted by Crippen LogP contribution is -2.09. The van der Waals surface area contributed by atoms with Crippen LogP contribution in [0.2, 0.25) is 0 Å². The Balaban J connectivity index is 0.000000299. The average Bonchev–Trinajstić information content (AvgIpc) is 2.87. The van der Waals surface area contributed by atoms with Crippen molar-refractivity contribution in [3.8, 4) is 11.5 Å². The van der Waals surface area contributed by atoms with Gasteiger partial charge in [0.15, 0.2) is 11.5 Å². The van der Waals surface area contributed by atoms with E-state index in [0.717, 1.165) is 26.7 Å². The van der Waals surface area contributed by atoms with E-state index >= 15 is 0 Å². The van der Waals surface area contributed by atoms with Gasteiger partial charge in [-0.3, -0.25) is 0 Å². The highest BCUT2D eigenvalue weighted by atomic mass is 32.3. The highest BCUT2D eigenvalue weighted by Gasteiger charge is 2.10. The van der Waals surface area contributed by atoms with E-state index in [1.54, 1.807) is 25.2 Å². The van der Waals surface area contributed by atoms with Crippen LogP contribution < -0.4 is 9.47 Å². The average molecular weight is 392 g/mol. The first kappa shape index (κ1) is 21.6. The highest BCUT2D eigenvalue weighted by Crippen LogP contribution is 2.34. The molecule has 1 aromatic carbocycles. The summed E-state index contributed by atoms with van der Waals surface area (Å²) in [5.74, 6) is 1.59. The number of hydrogen-bond donors (Lipinski definition) is 0. The molecule has 0 N–H and O–H groups in total. The number of fused-ring (bicyclic) bond motifs is 1. The van der Waals surface area contributed by atoms with E-state index in [4.69, 9.17) is 9.47 Å². The second-order valence-electron chi connectivity index (χ2n) is 4.59. The van der Waals surface area contributed by atoms with Crippen LogP contribution >= 0.6 is 11.3 Å². The Morgan fingerprint density at radius 2 is 1.44 bits per heavy atom. The number of hydrogen-bond acceptors (Lipinski definition) is 8. The summed E-state index contributed by atoms with van der Waals surface area (Å²) in [7, 11) is -3.68. The lowest BCUT2D eigenvalue weighted by Gasteiger charge is -2.10. The molecule has 0 saturated heterocycles. The standard InChI is InChI=1S/C12H15NO2S.C4H10O4S/c1-4-14-10-6-9-12(16-8(3)13-9)7-11(10)15-5-2;1-3-7-9(5,6)8-4-2/h6-7H,4-5H2,1-3H3;3-4H2,1-2H3. The Bertz CT molecular complexity index is 702. The fourth-order valence-corrected chi connectivity index (χ4v) is 3.39. The lowest BCUT2D eigenvalue weighted by molar-refractivity contribution is 0.231. The Morgan fingerprint density at radius 1 is 0.920 bits per heavy atom. The maximum Gasteiger partial charge on any atom is 0.399 e. The molecular formula is C16H25NO6S2. The van der Waals surface area contributed by atoms with Crippen LogP contribution in [-0.4, -0.2) is 39.8 Å². The number of ether oxygens (including phenoxy) is 2. The van der Waals surface area contributed by atoms with Crippen molar-refractivity contribution in [3.05, 3.63) is 17.1 Å². The normalized spacial score (nSPS) is 11.1. The molecule has 2 rings (SSSR count). The first-order valence-corrected chi connectivity index (χ1v) is 10.2. The van der Waals surface area contributed by atoms with Crippen LogP contribution in [0.5, 0.6) is 11.5 Å². The number of rotatable bonds is 8. The third-order valence-corrected chi connectivity index (χ3v) is 4.67. The van der Waals surface area contributed by atoms with E-state index in [9.17, 15) is 8.42 Å². The molecule has 0 amide bonds. The first-order chi connectivity index (χ1) is 11.9. The van der Waals surface area contributed by atoms with Gasteiger partial charge < -0.3 is 9.47 Å². The van der Waals surface area contributed by atoms with Gasteiger partial charge in [-0.2, -0.15) is 8.42 Å². The van der Waals surface area contributed by atoms with Gasteiger partial charge >= 0.3 is 10.4 Å². The summed E-state index contributed by atoms with van der Waals surface area (Å²) in [6.07, 6.45) is 0. The van der Waals surface area contributed by atoms with E-state index in [0.29, 0.717) is 13.2 Å². The van der Waals surface area contributed by atoms with Crippen molar-refractivity contribution < 1.29 is 26.3 Å². The molecule has 0 unspecified atom stereocenters. The summed E-state index contributed by atoms with van der Waals surface area (Å²) in [5.41, 5.74) is 0.981. The fourth-order valence-electron chi connectivity index (χ4n) is 1.91. The predicted molar refractivity (Wildman–Crippen MR) is 98.9 cm³/mol. The summed E-state index contributed by atoms with van der Waals surface area (Å²) in [5, 5.41) is 1.06. The summed E-state index contributed by atoms with van der Waals surface area (Å²) in [4.78, 5) is 4.44. The highest BCUT2D eigenvalue weighted by molar-refractivity contribution is 7.81. The molecule has 9 heteroatoms. The molecule has 0 bridgehead atoms. The van der Waals surface area contributed by atoms with Crippen molar-refractivity contribution in [3.63, 3.8) is 0 Å². The molecule has 7 nitrogen and oxygen atoms in total. The van der Waals surface area contributed by atoms with Gasteiger partial charge in [-0.15, -0.1) is 11.3 Å². The quantitative estimate of drug-likeness (QED) is 0.678. The van der Waals surface area contributed by atoms with Crippen LogP contribution in [-0.2, 0) is 18.8 Å². The topological polar surface area (TPSA) is 84.0 Å². The monoisotopic (exact) mass is 391 g/mol. The minimum Gasteiger partial charge on any atom is -0.490 e. The van der Waals surface area contributed by atoms with Crippen molar-refractivity contribution in [1.29, 1.82) is 0 Å². The molecule has 1 heterocycles. The summed E-state index contributed by atoms with van der Waals surface area (Å²) in [6, 6.07) is 3.96. The molecule has 1 aromatic heterocycles. The van der Waals surface area contributed by atoms with Crippen molar-refractivity contribution in [2.24, 2.45) is 0 Å². The molecule has 142 valence electrons. The van der Waals surface area contributed by atoms with Crippen LogP contribution in [0.3, 0.4) is 0 Å². The second kappa shape index (κ2) is 10.5. The van der Waals surface area contributed by atoms with Crippen molar-refractivity contribution >= 4 is 32.0 Å². The Labute approximate surface area is 153 Å². The summed E-state index contributed by atoms with van der Waals surface area (Å²) in [6.45, 7) is 10.6. The molecule has 0 aliphatic heterocycles. The van der Waals surface area contributed by atoms with Crippen LogP contribution in [0.15, 0.2) is 12.1 Å². The van der Waals surface area contributed by atoms with E-state index in [-0.39, 0.29) is 13.2 Å². The molecule has 25 heavy (non-hydrogen) atoms. The van der Waals surface area contributed by atoms with E-state index in [1.807, 2.05) is 32.9 Å². The minimum atomic E-state index is -3.68. The van der Waals surface area contributed by atoms with Gasteiger partial charge in [0.05, 0.1) is 41.7 Å². The fraction of sp³-hybridized carbons (Fsp3) is 0.562. The molecule has 0 aliphatic carbocycles. The molecule has 0 fully saturated rings. The molecule has 0 saturated carbocycles. The summed E-state index contributed by atoms with van der Waals surface area (Å²) >= 11 is 1.67. The number of aromatic nitrogens is 1. The Kier molecular flexibility index (Phi) is 9.12. The zero-order valence-electron chi connectivity index (χ0n) is 15.2. The summed E-state index contributed by atoms with van der Waals surface area (Å²) < 4.78 is 41.5. The van der Waals surface area contributed by atoms with Gasteiger partial charge in [-0.05, 0) is 34.6 Å². The van der Waals surface area contributed by atoms with Crippen molar-refractivity contribution in [2.75, 3.05) is 26.4 Å². The molecular weight excluding hydrogens is 366 g/mol. The van der Waals surface area contributed by atoms with Crippen LogP contribution in [0, 0.1) is 6.92 Å². The zero-order chi connectivity index (χ0) is 18.9. The van der Waals surface area contributed by atoms with Gasteiger partial charge in [0.2, 0.25) is 0 Å². The van der Waals surface area contributed by atoms with Crippen molar-refractivity contribution in [2.45, 2.75) is 34.6 Å². The first-order valence-electron chi connectivity index (χ1n) is 8.07. The van der Waals surface area contributed by atoms with E-state index < -0.39 is 10.4 Å².